The molecule has 2 heterocycles. The third-order valence-corrected chi connectivity index (χ3v) is 5.45. The highest BCUT2D eigenvalue weighted by molar-refractivity contribution is 6.24. The monoisotopic (exact) mass is 336 g/mol. The van der Waals surface area contributed by atoms with E-state index in [0.29, 0.717) is 0 Å². The Morgan fingerprint density at radius 2 is 1.15 bits per heavy atom. The van der Waals surface area contributed by atoms with Gasteiger partial charge in [-0.15, -0.1) is 0 Å². The van der Waals surface area contributed by atoms with Gasteiger partial charge in [-0.05, 0) is 24.3 Å². The molecule has 0 unspecified atom stereocenters. The smallest absolute Gasteiger partial charge is 0.119 e. The molecule has 0 aliphatic carbocycles. The second kappa shape index (κ2) is 4.79. The molecular weight excluding hydrogens is 320 g/mol. The quantitative estimate of drug-likeness (QED) is 0.373. The van der Waals surface area contributed by atoms with E-state index in [1.165, 1.54) is 48.9 Å². The van der Waals surface area contributed by atoms with Gasteiger partial charge in [-0.25, -0.2) is 0 Å². The summed E-state index contributed by atoms with van der Waals surface area (Å²) >= 11 is 0. The zero-order valence-electron chi connectivity index (χ0n) is 14.3. The Hall–Kier alpha value is -3.46. The van der Waals surface area contributed by atoms with E-state index in [0.717, 1.165) is 11.3 Å². The minimum atomic E-state index is 0.879. The molecule has 0 saturated heterocycles. The van der Waals surface area contributed by atoms with Crippen LogP contribution in [0.5, 0.6) is 5.75 Å². The summed E-state index contributed by atoms with van der Waals surface area (Å²) in [6, 6.07) is 23.5. The first kappa shape index (κ1) is 13.8. The van der Waals surface area contributed by atoms with Crippen molar-refractivity contribution in [1.82, 2.24) is 9.97 Å². The fourth-order valence-corrected chi connectivity index (χ4v) is 4.20. The van der Waals surface area contributed by atoms with Crippen molar-refractivity contribution in [2.24, 2.45) is 0 Å². The Kier molecular flexibility index (Phi) is 2.54. The van der Waals surface area contributed by atoms with Crippen molar-refractivity contribution < 1.29 is 4.74 Å². The van der Waals surface area contributed by atoms with Crippen molar-refractivity contribution in [3.63, 3.8) is 0 Å². The van der Waals surface area contributed by atoms with Crippen LogP contribution in [-0.4, -0.2) is 17.1 Å². The lowest BCUT2D eigenvalue weighted by Gasteiger charge is -2.02. The summed E-state index contributed by atoms with van der Waals surface area (Å²) in [5.74, 6) is 0.879. The fourth-order valence-electron chi connectivity index (χ4n) is 4.20. The second-order valence-electron chi connectivity index (χ2n) is 6.78. The van der Waals surface area contributed by atoms with Crippen LogP contribution in [0.4, 0.5) is 0 Å². The molecule has 0 atom stereocenters. The summed E-state index contributed by atoms with van der Waals surface area (Å²) in [6.45, 7) is 0. The number of benzene rings is 4. The van der Waals surface area contributed by atoms with Crippen LogP contribution in [0.2, 0.25) is 0 Å². The van der Waals surface area contributed by atoms with Crippen LogP contribution in [0.25, 0.3) is 54.4 Å². The lowest BCUT2D eigenvalue weighted by Crippen LogP contribution is -1.80. The molecule has 0 bridgehead atoms. The zero-order valence-corrected chi connectivity index (χ0v) is 14.3. The second-order valence-corrected chi connectivity index (χ2v) is 6.78. The first-order valence-corrected chi connectivity index (χ1v) is 8.75. The highest BCUT2D eigenvalue weighted by Crippen LogP contribution is 2.37. The minimum absolute atomic E-state index is 0.879. The first-order chi connectivity index (χ1) is 12.8. The predicted octanol–water partition coefficient (Wildman–Crippen LogP) is 6.12. The Bertz CT molecular complexity index is 1470. The molecule has 0 radical (unpaired) electrons. The number of hydrogen-bond donors (Lipinski definition) is 2. The minimum Gasteiger partial charge on any atom is -0.497 e. The lowest BCUT2D eigenvalue weighted by molar-refractivity contribution is 0.415. The van der Waals surface area contributed by atoms with Gasteiger partial charge in [0, 0.05) is 43.4 Å². The van der Waals surface area contributed by atoms with Crippen LogP contribution in [0.1, 0.15) is 0 Å². The molecule has 26 heavy (non-hydrogen) atoms. The largest absolute Gasteiger partial charge is 0.497 e. The van der Waals surface area contributed by atoms with Gasteiger partial charge >= 0.3 is 0 Å². The number of H-pyrrole nitrogens is 2. The Balaban J connectivity index is 1.79. The lowest BCUT2D eigenvalue weighted by atomic mass is 10.0. The molecule has 124 valence electrons. The number of rotatable bonds is 1. The molecule has 6 aromatic rings. The van der Waals surface area contributed by atoms with Crippen molar-refractivity contribution in [3.05, 3.63) is 66.7 Å². The molecule has 2 aromatic heterocycles. The van der Waals surface area contributed by atoms with E-state index in [9.17, 15) is 0 Å². The topological polar surface area (TPSA) is 40.8 Å². The maximum absolute atomic E-state index is 5.40. The molecule has 0 fully saturated rings. The maximum atomic E-state index is 5.40. The van der Waals surface area contributed by atoms with Crippen molar-refractivity contribution in [2.75, 3.05) is 7.11 Å². The molecule has 0 saturated carbocycles. The van der Waals surface area contributed by atoms with Gasteiger partial charge in [0.15, 0.2) is 0 Å². The number of methoxy groups -OCH3 is 1. The Labute approximate surface area is 149 Å². The van der Waals surface area contributed by atoms with Crippen LogP contribution in [0, 0.1) is 0 Å². The molecule has 0 spiro atoms. The van der Waals surface area contributed by atoms with Gasteiger partial charge < -0.3 is 14.7 Å². The number of aromatic amines is 2. The standard InChI is InChI=1S/C23H16N2O/c1-26-13-6-11-21-19(12-13)18-10-9-16-17(23(18)25-21)8-7-15-14-4-2-3-5-20(14)24-22(15)16/h2-12,24-25H,1H3. The number of nitrogens with one attached hydrogen (secondary N) is 2. The molecule has 3 heteroatoms. The van der Waals surface area contributed by atoms with Gasteiger partial charge in [0.05, 0.1) is 18.1 Å². The normalized spacial score (nSPS) is 12.0. The zero-order chi connectivity index (χ0) is 17.3. The summed E-state index contributed by atoms with van der Waals surface area (Å²) in [4.78, 5) is 7.21. The van der Waals surface area contributed by atoms with E-state index in [4.69, 9.17) is 4.74 Å². The summed E-state index contributed by atoms with van der Waals surface area (Å²) in [5.41, 5.74) is 4.68. The van der Waals surface area contributed by atoms with Gasteiger partial charge in [0.25, 0.3) is 0 Å². The molecule has 4 aromatic carbocycles. The van der Waals surface area contributed by atoms with Crippen molar-refractivity contribution in [3.8, 4) is 5.75 Å². The number of hydrogen-bond acceptors (Lipinski definition) is 1. The van der Waals surface area contributed by atoms with Crippen LogP contribution in [-0.2, 0) is 0 Å². The third kappa shape index (κ3) is 1.67. The van der Waals surface area contributed by atoms with Crippen molar-refractivity contribution >= 4 is 54.4 Å². The molecule has 0 aliphatic heterocycles. The van der Waals surface area contributed by atoms with E-state index in [1.54, 1.807) is 7.11 Å². The number of fused-ring (bicyclic) bond motifs is 9. The van der Waals surface area contributed by atoms with Crippen molar-refractivity contribution in [2.45, 2.75) is 0 Å². The van der Waals surface area contributed by atoms with E-state index < -0.39 is 0 Å². The molecule has 0 aliphatic rings. The highest BCUT2D eigenvalue weighted by atomic mass is 16.5. The fraction of sp³-hybridized carbons (Fsp3) is 0.0435. The van der Waals surface area contributed by atoms with Crippen LogP contribution < -0.4 is 4.74 Å². The first-order valence-electron chi connectivity index (χ1n) is 8.75. The van der Waals surface area contributed by atoms with Crippen molar-refractivity contribution in [1.29, 1.82) is 0 Å². The third-order valence-electron chi connectivity index (χ3n) is 5.45. The summed E-state index contributed by atoms with van der Waals surface area (Å²) in [6.07, 6.45) is 0. The average Bonchev–Trinajstić information content (AvgIpc) is 3.25. The van der Waals surface area contributed by atoms with E-state index >= 15 is 0 Å². The molecule has 0 amide bonds. The molecule has 2 N–H and O–H groups in total. The van der Waals surface area contributed by atoms with E-state index in [1.807, 2.05) is 6.07 Å². The highest BCUT2D eigenvalue weighted by Gasteiger charge is 2.12. The Morgan fingerprint density at radius 1 is 0.577 bits per heavy atom. The van der Waals surface area contributed by atoms with Gasteiger partial charge in [-0.1, -0.05) is 42.5 Å². The van der Waals surface area contributed by atoms with Gasteiger partial charge in [0.2, 0.25) is 0 Å². The van der Waals surface area contributed by atoms with Gasteiger partial charge in [-0.3, -0.25) is 0 Å². The molecule has 6 rings (SSSR count). The van der Waals surface area contributed by atoms with E-state index in [2.05, 4.69) is 70.6 Å². The van der Waals surface area contributed by atoms with Gasteiger partial charge in [0.1, 0.15) is 5.75 Å². The summed E-state index contributed by atoms with van der Waals surface area (Å²) in [5, 5.41) is 7.43. The maximum Gasteiger partial charge on any atom is 0.119 e. The van der Waals surface area contributed by atoms with E-state index in [-0.39, 0.29) is 0 Å². The average molecular weight is 336 g/mol. The predicted molar refractivity (Wildman–Crippen MR) is 109 cm³/mol. The molecular formula is C23H16N2O. The molecule has 3 nitrogen and oxygen atoms in total. The van der Waals surface area contributed by atoms with Crippen LogP contribution in [0.15, 0.2) is 66.7 Å². The Morgan fingerprint density at radius 3 is 1.85 bits per heavy atom. The van der Waals surface area contributed by atoms with Gasteiger partial charge in [-0.2, -0.15) is 0 Å². The number of ether oxygens (including phenoxy) is 1. The van der Waals surface area contributed by atoms with Crippen LogP contribution in [0.3, 0.4) is 0 Å². The summed E-state index contributed by atoms with van der Waals surface area (Å²) < 4.78 is 5.40. The summed E-state index contributed by atoms with van der Waals surface area (Å²) in [7, 11) is 1.71. The number of para-hydroxylation sites is 1. The van der Waals surface area contributed by atoms with Crippen LogP contribution >= 0.6 is 0 Å². The SMILES string of the molecule is COc1ccc2[nH]c3c(ccc4c3ccc3c5ccccc5[nH]c34)c2c1. The number of aromatic nitrogens is 2.